The molecule has 0 saturated carbocycles. The van der Waals surface area contributed by atoms with Gasteiger partial charge in [0, 0.05) is 37.1 Å². The number of benzene rings is 2. The fraction of sp³-hybridized carbons (Fsp3) is 0.304. The molecular weight excluding hydrogens is 446 g/mol. The highest BCUT2D eigenvalue weighted by atomic mass is 79.9. The lowest BCUT2D eigenvalue weighted by atomic mass is 10.0. The van der Waals surface area contributed by atoms with Crippen LogP contribution >= 0.6 is 15.9 Å². The summed E-state index contributed by atoms with van der Waals surface area (Å²) in [6, 6.07) is 15.5. The number of carbonyl (C=O) groups excluding carboxylic acids is 2. The van der Waals surface area contributed by atoms with Gasteiger partial charge in [-0.1, -0.05) is 46.3 Å². The van der Waals surface area contributed by atoms with Gasteiger partial charge in [-0.3, -0.25) is 9.59 Å². The van der Waals surface area contributed by atoms with Crippen LogP contribution in [0.15, 0.2) is 54.7 Å². The molecule has 1 aromatic heterocycles. The monoisotopic (exact) mass is 471 g/mol. The van der Waals surface area contributed by atoms with Crippen LogP contribution in [0.25, 0.3) is 10.9 Å². The Morgan fingerprint density at radius 2 is 2.00 bits per heavy atom. The number of methoxy groups -OCH3 is 1. The Kier molecular flexibility index (Phi) is 7.52. The van der Waals surface area contributed by atoms with Gasteiger partial charge in [-0.15, -0.1) is 0 Å². The molecule has 1 atom stereocenters. The first-order valence-electron chi connectivity index (χ1n) is 9.79. The predicted octanol–water partition coefficient (Wildman–Crippen LogP) is 3.65. The number of nitrogens with one attached hydrogen (secondary N) is 2. The molecule has 1 heterocycles. The second-order valence-corrected chi connectivity index (χ2v) is 7.77. The molecule has 0 radical (unpaired) electrons. The van der Waals surface area contributed by atoms with Crippen molar-refractivity contribution in [3.8, 4) is 5.75 Å². The fourth-order valence-corrected chi connectivity index (χ4v) is 3.72. The minimum Gasteiger partial charge on any atom is -0.497 e. The highest BCUT2D eigenvalue weighted by molar-refractivity contribution is 9.09. The first-order valence-corrected chi connectivity index (χ1v) is 10.9. The molecule has 2 N–H and O–H groups in total. The zero-order valence-electron chi connectivity index (χ0n) is 17.2. The molecular formula is C23H26BrN3O3. The highest BCUT2D eigenvalue weighted by Gasteiger charge is 2.20. The van der Waals surface area contributed by atoms with Crippen LogP contribution in [0.4, 0.5) is 0 Å². The second-order valence-electron chi connectivity index (χ2n) is 7.21. The van der Waals surface area contributed by atoms with Gasteiger partial charge in [0.2, 0.25) is 11.8 Å². The number of aromatic amines is 1. The van der Waals surface area contributed by atoms with Crippen LogP contribution in [0.2, 0.25) is 0 Å². The normalized spacial score (nSPS) is 11.8. The number of fused-ring (bicyclic) bond motifs is 1. The highest BCUT2D eigenvalue weighted by Crippen LogP contribution is 2.20. The maximum absolute atomic E-state index is 12.4. The van der Waals surface area contributed by atoms with E-state index in [-0.39, 0.29) is 23.2 Å². The van der Waals surface area contributed by atoms with E-state index in [0.29, 0.717) is 19.5 Å². The Morgan fingerprint density at radius 3 is 2.73 bits per heavy atom. The maximum Gasteiger partial charge on any atom is 0.230 e. The molecule has 0 saturated heterocycles. The number of H-pyrrole nitrogens is 1. The van der Waals surface area contributed by atoms with Crippen LogP contribution in [0, 0.1) is 0 Å². The summed E-state index contributed by atoms with van der Waals surface area (Å²) in [7, 11) is 1.62. The van der Waals surface area contributed by atoms with Gasteiger partial charge < -0.3 is 19.9 Å². The van der Waals surface area contributed by atoms with Gasteiger partial charge in [0.25, 0.3) is 0 Å². The third-order valence-corrected chi connectivity index (χ3v) is 5.53. The van der Waals surface area contributed by atoms with E-state index < -0.39 is 0 Å². The summed E-state index contributed by atoms with van der Waals surface area (Å²) in [6.45, 7) is 2.40. The van der Waals surface area contributed by atoms with Crippen molar-refractivity contribution in [2.75, 3.05) is 19.0 Å². The number of hydrogen-bond donors (Lipinski definition) is 2. The first kappa shape index (κ1) is 21.9. The van der Waals surface area contributed by atoms with E-state index in [1.165, 1.54) is 0 Å². The minimum atomic E-state index is -0.219. The van der Waals surface area contributed by atoms with Gasteiger partial charge in [0.15, 0.2) is 0 Å². The Labute approximate surface area is 184 Å². The predicted molar refractivity (Wildman–Crippen MR) is 122 cm³/mol. The van der Waals surface area contributed by atoms with E-state index in [9.17, 15) is 9.59 Å². The topological polar surface area (TPSA) is 74.4 Å². The van der Waals surface area contributed by atoms with Gasteiger partial charge in [-0.05, 0) is 35.7 Å². The molecule has 0 fully saturated rings. The number of alkyl halides is 1. The second kappa shape index (κ2) is 10.3. The summed E-state index contributed by atoms with van der Waals surface area (Å²) in [4.78, 5) is 29.5. The van der Waals surface area contributed by atoms with E-state index in [2.05, 4.69) is 32.3 Å². The lowest BCUT2D eigenvalue weighted by Gasteiger charge is -2.27. The van der Waals surface area contributed by atoms with E-state index in [4.69, 9.17) is 4.74 Å². The van der Waals surface area contributed by atoms with Gasteiger partial charge in [0.05, 0.1) is 18.5 Å². The molecule has 0 aliphatic heterocycles. The van der Waals surface area contributed by atoms with Gasteiger partial charge in [-0.25, -0.2) is 0 Å². The molecule has 0 aliphatic rings. The first-order chi connectivity index (χ1) is 14.5. The van der Waals surface area contributed by atoms with Crippen LogP contribution in [0.3, 0.4) is 0 Å². The van der Waals surface area contributed by atoms with Gasteiger partial charge in [-0.2, -0.15) is 0 Å². The van der Waals surface area contributed by atoms with Crippen molar-refractivity contribution in [2.24, 2.45) is 0 Å². The quantitative estimate of drug-likeness (QED) is 0.467. The molecule has 6 nitrogen and oxygen atoms in total. The van der Waals surface area contributed by atoms with Gasteiger partial charge >= 0.3 is 0 Å². The number of amides is 2. The summed E-state index contributed by atoms with van der Waals surface area (Å²) >= 11 is 3.21. The summed E-state index contributed by atoms with van der Waals surface area (Å²) in [5.74, 6) is 0.596. The number of carbonyl (C=O) groups is 2. The van der Waals surface area contributed by atoms with Crippen molar-refractivity contribution >= 4 is 38.6 Å². The SMILES string of the molecule is COc1cccc(CN(CC(Cc2c[nH]c3ccccc23)NC(=O)CBr)C(C)=O)c1. The summed E-state index contributed by atoms with van der Waals surface area (Å²) in [5, 5.41) is 4.38. The number of halogens is 1. The zero-order valence-corrected chi connectivity index (χ0v) is 18.7. The molecule has 7 heteroatoms. The Hall–Kier alpha value is -2.80. The van der Waals surface area contributed by atoms with E-state index >= 15 is 0 Å². The Morgan fingerprint density at radius 1 is 1.20 bits per heavy atom. The molecule has 2 aromatic carbocycles. The summed E-state index contributed by atoms with van der Waals surface area (Å²) in [5.41, 5.74) is 3.13. The number of para-hydroxylation sites is 1. The molecule has 3 aromatic rings. The van der Waals surface area contributed by atoms with Crippen LogP contribution in [-0.4, -0.2) is 46.7 Å². The fourth-order valence-electron chi connectivity index (χ4n) is 3.56. The third-order valence-electron chi connectivity index (χ3n) is 5.02. The molecule has 2 amide bonds. The number of rotatable bonds is 9. The summed E-state index contributed by atoms with van der Waals surface area (Å²) in [6.07, 6.45) is 2.59. The molecule has 0 aliphatic carbocycles. The molecule has 158 valence electrons. The van der Waals surface area contributed by atoms with Crippen LogP contribution in [-0.2, 0) is 22.6 Å². The van der Waals surface area contributed by atoms with Crippen molar-refractivity contribution in [2.45, 2.75) is 25.9 Å². The standard InChI is InChI=1S/C23H26BrN3O3/c1-16(28)27(14-17-6-5-7-20(10-17)30-2)15-19(26-23(29)12-24)11-18-13-25-22-9-4-3-8-21(18)22/h3-10,13,19,25H,11-12,14-15H2,1-2H3,(H,26,29). The molecule has 0 bridgehead atoms. The van der Waals surface area contributed by atoms with Crippen LogP contribution in [0.1, 0.15) is 18.1 Å². The van der Waals surface area contributed by atoms with Crippen molar-refractivity contribution in [3.63, 3.8) is 0 Å². The van der Waals surface area contributed by atoms with Gasteiger partial charge in [0.1, 0.15) is 5.75 Å². The smallest absolute Gasteiger partial charge is 0.230 e. The van der Waals surface area contributed by atoms with Crippen LogP contribution < -0.4 is 10.1 Å². The molecule has 30 heavy (non-hydrogen) atoms. The Balaban J connectivity index is 1.80. The van der Waals surface area contributed by atoms with Crippen molar-refractivity contribution in [1.82, 2.24) is 15.2 Å². The van der Waals surface area contributed by atoms with Crippen molar-refractivity contribution in [1.29, 1.82) is 0 Å². The number of hydrogen-bond acceptors (Lipinski definition) is 3. The summed E-state index contributed by atoms with van der Waals surface area (Å²) < 4.78 is 5.29. The zero-order chi connectivity index (χ0) is 21.5. The third kappa shape index (κ3) is 5.63. The largest absolute Gasteiger partial charge is 0.497 e. The average Bonchev–Trinajstić information content (AvgIpc) is 3.16. The van der Waals surface area contributed by atoms with Crippen molar-refractivity contribution < 1.29 is 14.3 Å². The van der Waals surface area contributed by atoms with E-state index in [1.54, 1.807) is 18.9 Å². The van der Waals surface area contributed by atoms with E-state index in [1.807, 2.05) is 48.7 Å². The maximum atomic E-state index is 12.4. The lowest BCUT2D eigenvalue weighted by Crippen LogP contribution is -2.46. The Bertz CT molecular complexity index is 1020. The van der Waals surface area contributed by atoms with Crippen LogP contribution in [0.5, 0.6) is 5.75 Å². The molecule has 1 unspecified atom stereocenters. The number of aromatic nitrogens is 1. The van der Waals surface area contributed by atoms with E-state index in [0.717, 1.165) is 27.8 Å². The number of nitrogens with zero attached hydrogens (tertiary/aromatic N) is 1. The van der Waals surface area contributed by atoms with Crippen molar-refractivity contribution in [3.05, 3.63) is 65.9 Å². The number of ether oxygens (including phenoxy) is 1. The lowest BCUT2D eigenvalue weighted by molar-refractivity contribution is -0.130. The minimum absolute atomic E-state index is 0.0464. The molecule has 3 rings (SSSR count). The molecule has 0 spiro atoms. The average molecular weight is 472 g/mol.